The highest BCUT2D eigenvalue weighted by atomic mass is 16.2. The zero-order valence-electron chi connectivity index (χ0n) is 17.0. The van der Waals surface area contributed by atoms with Gasteiger partial charge in [0.15, 0.2) is 13.1 Å². The number of carbonyl (C=O) groups is 2. The molecular weight excluding hydrogens is 350 g/mol. The average molecular weight is 381 g/mol. The van der Waals surface area contributed by atoms with Gasteiger partial charge in [0.1, 0.15) is 0 Å². The summed E-state index contributed by atoms with van der Waals surface area (Å²) in [4.78, 5) is 25.7. The van der Waals surface area contributed by atoms with E-state index in [-0.39, 0.29) is 30.9 Å². The van der Waals surface area contributed by atoms with Crippen molar-refractivity contribution in [3.8, 4) is 0 Å². The summed E-state index contributed by atoms with van der Waals surface area (Å²) in [5.74, 6) is -0.0965. The minimum atomic E-state index is -0.0815. The van der Waals surface area contributed by atoms with Gasteiger partial charge in [-0.2, -0.15) is 0 Å². The lowest BCUT2D eigenvalue weighted by Crippen LogP contribution is -3.11. The zero-order valence-corrected chi connectivity index (χ0v) is 17.0. The maximum Gasteiger partial charge on any atom is 0.279 e. The summed E-state index contributed by atoms with van der Waals surface area (Å²) in [5, 5.41) is 6.11. The number of carbonyl (C=O) groups excluding carboxylic acids is 2. The third-order valence-corrected chi connectivity index (χ3v) is 5.51. The van der Waals surface area contributed by atoms with Gasteiger partial charge in [-0.25, -0.2) is 0 Å². The van der Waals surface area contributed by atoms with Crippen LogP contribution in [0.15, 0.2) is 42.5 Å². The lowest BCUT2D eigenvalue weighted by Gasteiger charge is -2.26. The molecule has 0 aliphatic heterocycles. The van der Waals surface area contributed by atoms with E-state index >= 15 is 0 Å². The fourth-order valence-electron chi connectivity index (χ4n) is 3.84. The Morgan fingerprint density at radius 2 is 1.79 bits per heavy atom. The molecule has 1 aliphatic carbocycles. The highest BCUT2D eigenvalue weighted by Gasteiger charge is 2.23. The van der Waals surface area contributed by atoms with Crippen LogP contribution < -0.4 is 15.5 Å². The first-order valence-electron chi connectivity index (χ1n) is 9.98. The van der Waals surface area contributed by atoms with Gasteiger partial charge in [0.25, 0.3) is 11.8 Å². The van der Waals surface area contributed by atoms with Crippen LogP contribution in [0.1, 0.15) is 41.1 Å². The van der Waals surface area contributed by atoms with Gasteiger partial charge in [0, 0.05) is 5.69 Å². The molecule has 0 fully saturated rings. The third-order valence-electron chi connectivity index (χ3n) is 5.51. The topological polar surface area (TPSA) is 62.6 Å². The van der Waals surface area contributed by atoms with Gasteiger partial charge in [-0.05, 0) is 61.4 Å². The molecule has 1 aliphatic rings. The Balaban J connectivity index is 1.51. The Kier molecular flexibility index (Phi) is 6.47. The number of aryl methyl sites for hydroxylation is 2. The van der Waals surface area contributed by atoms with Gasteiger partial charge in [-0.15, -0.1) is 0 Å². The molecular formula is C23H30N3O2+. The average Bonchev–Trinajstić information content (AvgIpc) is 2.65. The molecule has 0 saturated carbocycles. The number of rotatable bonds is 6. The third kappa shape index (κ3) is 4.98. The molecule has 148 valence electrons. The number of amides is 2. The lowest BCUT2D eigenvalue weighted by atomic mass is 9.88. The highest BCUT2D eigenvalue weighted by molar-refractivity contribution is 5.92. The molecule has 0 saturated heterocycles. The maximum absolute atomic E-state index is 12.5. The second kappa shape index (κ2) is 9.02. The largest absolute Gasteiger partial charge is 0.344 e. The van der Waals surface area contributed by atoms with Crippen LogP contribution in [-0.4, -0.2) is 32.0 Å². The molecule has 0 radical (unpaired) electrons. The van der Waals surface area contributed by atoms with Gasteiger partial charge >= 0.3 is 0 Å². The number of fused-ring (bicyclic) bond motifs is 1. The summed E-state index contributed by atoms with van der Waals surface area (Å²) < 4.78 is 0. The number of hydrogen-bond donors (Lipinski definition) is 3. The van der Waals surface area contributed by atoms with E-state index in [1.165, 1.54) is 11.1 Å². The van der Waals surface area contributed by atoms with E-state index in [0.29, 0.717) is 0 Å². The molecule has 0 spiro atoms. The Morgan fingerprint density at radius 1 is 1.04 bits per heavy atom. The molecule has 0 aromatic heterocycles. The second-order valence-corrected chi connectivity index (χ2v) is 7.82. The van der Waals surface area contributed by atoms with Crippen molar-refractivity contribution in [2.75, 3.05) is 25.5 Å². The number of hydrogen-bond acceptors (Lipinski definition) is 2. The minimum Gasteiger partial charge on any atom is -0.344 e. The van der Waals surface area contributed by atoms with Crippen LogP contribution in [0.4, 0.5) is 5.69 Å². The van der Waals surface area contributed by atoms with Crippen molar-refractivity contribution in [3.05, 3.63) is 64.7 Å². The molecule has 2 atom stereocenters. The SMILES string of the molecule is Cc1cccc(NC(=O)C[NH+](C)CC(=O)N[C@H]2CCCc3ccccc32)c1C. The van der Waals surface area contributed by atoms with Crippen LogP contribution >= 0.6 is 0 Å². The molecule has 0 heterocycles. The van der Waals surface area contributed by atoms with Gasteiger partial charge in [0.2, 0.25) is 0 Å². The molecule has 3 N–H and O–H groups in total. The van der Waals surface area contributed by atoms with E-state index in [1.807, 2.05) is 45.2 Å². The summed E-state index contributed by atoms with van der Waals surface area (Å²) in [6.45, 7) is 4.55. The molecule has 3 rings (SSSR count). The normalized spacial score (nSPS) is 16.8. The number of anilines is 1. The fraction of sp³-hybridized carbons (Fsp3) is 0.391. The summed E-state index contributed by atoms with van der Waals surface area (Å²) in [6, 6.07) is 14.3. The van der Waals surface area contributed by atoms with Crippen molar-refractivity contribution in [2.24, 2.45) is 0 Å². The van der Waals surface area contributed by atoms with Crippen molar-refractivity contribution in [1.82, 2.24) is 5.32 Å². The summed E-state index contributed by atoms with van der Waals surface area (Å²) in [6.07, 6.45) is 3.13. The van der Waals surface area contributed by atoms with E-state index < -0.39 is 0 Å². The number of nitrogens with one attached hydrogen (secondary N) is 3. The predicted octanol–water partition coefficient (Wildman–Crippen LogP) is 1.95. The monoisotopic (exact) mass is 380 g/mol. The Morgan fingerprint density at radius 3 is 2.61 bits per heavy atom. The van der Waals surface area contributed by atoms with Crippen molar-refractivity contribution < 1.29 is 14.5 Å². The van der Waals surface area contributed by atoms with Crippen LogP contribution in [0.3, 0.4) is 0 Å². The molecule has 0 bridgehead atoms. The number of benzene rings is 2. The van der Waals surface area contributed by atoms with Gasteiger partial charge in [0.05, 0.1) is 13.1 Å². The summed E-state index contributed by atoms with van der Waals surface area (Å²) >= 11 is 0. The number of quaternary nitrogens is 1. The molecule has 2 amide bonds. The molecule has 1 unspecified atom stereocenters. The van der Waals surface area contributed by atoms with E-state index in [0.717, 1.165) is 41.0 Å². The van der Waals surface area contributed by atoms with Crippen LogP contribution in [0.25, 0.3) is 0 Å². The van der Waals surface area contributed by atoms with E-state index in [1.54, 1.807) is 0 Å². The van der Waals surface area contributed by atoms with Crippen molar-refractivity contribution in [1.29, 1.82) is 0 Å². The quantitative estimate of drug-likeness (QED) is 0.717. The van der Waals surface area contributed by atoms with Crippen molar-refractivity contribution >= 4 is 17.5 Å². The van der Waals surface area contributed by atoms with Gasteiger partial charge in [-0.3, -0.25) is 9.59 Å². The summed E-state index contributed by atoms with van der Waals surface area (Å²) in [7, 11) is 1.87. The van der Waals surface area contributed by atoms with E-state index in [9.17, 15) is 9.59 Å². The van der Waals surface area contributed by atoms with E-state index in [2.05, 4.69) is 28.8 Å². The minimum absolute atomic E-state index is 0.0151. The maximum atomic E-state index is 12.5. The van der Waals surface area contributed by atoms with Crippen molar-refractivity contribution in [3.63, 3.8) is 0 Å². The molecule has 5 heteroatoms. The lowest BCUT2D eigenvalue weighted by molar-refractivity contribution is -0.862. The Labute approximate surface area is 167 Å². The van der Waals surface area contributed by atoms with Gasteiger partial charge in [-0.1, -0.05) is 36.4 Å². The predicted molar refractivity (Wildman–Crippen MR) is 111 cm³/mol. The fourth-order valence-corrected chi connectivity index (χ4v) is 3.84. The first kappa shape index (κ1) is 20.1. The Bertz CT molecular complexity index is 863. The molecule has 28 heavy (non-hydrogen) atoms. The number of likely N-dealkylation sites (N-methyl/N-ethyl adjacent to an activating group) is 1. The second-order valence-electron chi connectivity index (χ2n) is 7.82. The van der Waals surface area contributed by atoms with Gasteiger partial charge < -0.3 is 15.5 Å². The highest BCUT2D eigenvalue weighted by Crippen LogP contribution is 2.29. The standard InChI is InChI=1S/C23H29N3O2/c1-16-8-6-12-20(17(16)2)24-22(27)14-26(3)15-23(28)25-21-13-7-10-18-9-4-5-11-19(18)21/h4-6,8-9,11-12,21H,7,10,13-15H2,1-3H3,(H,24,27)(H,25,28)/p+1/t21-/m0/s1. The molecule has 2 aromatic carbocycles. The van der Waals surface area contributed by atoms with Crippen molar-refractivity contribution in [2.45, 2.75) is 39.2 Å². The first-order chi connectivity index (χ1) is 13.4. The smallest absolute Gasteiger partial charge is 0.279 e. The van der Waals surface area contributed by atoms with Crippen LogP contribution in [0.5, 0.6) is 0 Å². The summed E-state index contributed by atoms with van der Waals surface area (Å²) in [5.41, 5.74) is 5.61. The van der Waals surface area contributed by atoms with Crippen LogP contribution in [0, 0.1) is 13.8 Å². The zero-order chi connectivity index (χ0) is 20.1. The van der Waals surface area contributed by atoms with Crippen LogP contribution in [0.2, 0.25) is 0 Å². The van der Waals surface area contributed by atoms with Crippen LogP contribution in [-0.2, 0) is 16.0 Å². The first-order valence-corrected chi connectivity index (χ1v) is 9.98. The van der Waals surface area contributed by atoms with E-state index in [4.69, 9.17) is 0 Å². The molecule has 5 nitrogen and oxygen atoms in total. The Hall–Kier alpha value is -2.66. The molecule has 2 aromatic rings.